The van der Waals surface area contributed by atoms with Crippen molar-refractivity contribution in [1.82, 2.24) is 14.7 Å². The van der Waals surface area contributed by atoms with Crippen LogP contribution in [0.5, 0.6) is 0 Å². The number of carboxylic acid groups (broad SMARTS) is 1. The average molecular weight is 265 g/mol. The molecule has 1 aliphatic heterocycles. The molecule has 2 aliphatic rings. The third-order valence-corrected chi connectivity index (χ3v) is 4.24. The van der Waals surface area contributed by atoms with E-state index in [0.29, 0.717) is 24.3 Å². The summed E-state index contributed by atoms with van der Waals surface area (Å²) in [5, 5.41) is 13.3. The predicted molar refractivity (Wildman–Crippen MR) is 68.0 cm³/mol. The molecule has 1 aromatic heterocycles. The van der Waals surface area contributed by atoms with E-state index in [2.05, 4.69) is 10.00 Å². The molecule has 6 heteroatoms. The van der Waals surface area contributed by atoms with Gasteiger partial charge in [-0.25, -0.2) is 4.79 Å². The van der Waals surface area contributed by atoms with Gasteiger partial charge in [-0.05, 0) is 19.3 Å². The van der Waals surface area contributed by atoms with E-state index in [1.54, 1.807) is 11.7 Å². The summed E-state index contributed by atoms with van der Waals surface area (Å²) in [6, 6.07) is 0.435. The molecule has 0 bridgehead atoms. The van der Waals surface area contributed by atoms with Gasteiger partial charge in [0.15, 0.2) is 0 Å². The molecule has 0 radical (unpaired) electrons. The van der Waals surface area contributed by atoms with Crippen molar-refractivity contribution in [3.63, 3.8) is 0 Å². The Balaban J connectivity index is 1.81. The highest BCUT2D eigenvalue weighted by Crippen LogP contribution is 2.30. The zero-order valence-electron chi connectivity index (χ0n) is 11.1. The van der Waals surface area contributed by atoms with Crippen LogP contribution in [0, 0.1) is 0 Å². The number of ether oxygens (including phenoxy) is 1. The maximum Gasteiger partial charge on any atom is 0.339 e. The Hall–Kier alpha value is -1.40. The van der Waals surface area contributed by atoms with Crippen LogP contribution < -0.4 is 0 Å². The molecule has 1 saturated heterocycles. The molecule has 6 nitrogen and oxygen atoms in total. The smallest absolute Gasteiger partial charge is 0.339 e. The monoisotopic (exact) mass is 265 g/mol. The lowest BCUT2D eigenvalue weighted by atomic mass is 10.1. The summed E-state index contributed by atoms with van der Waals surface area (Å²) >= 11 is 0. The summed E-state index contributed by atoms with van der Waals surface area (Å²) < 4.78 is 7.45. The molecule has 2 fully saturated rings. The number of rotatable bonds is 3. The Labute approximate surface area is 112 Å². The predicted octanol–water partition coefficient (Wildman–Crippen LogP) is 0.872. The van der Waals surface area contributed by atoms with Crippen molar-refractivity contribution in [2.45, 2.75) is 38.0 Å². The van der Waals surface area contributed by atoms with Gasteiger partial charge in [-0.1, -0.05) is 0 Å². The molecular formula is C13H19N3O3. The van der Waals surface area contributed by atoms with Crippen LogP contribution in [-0.4, -0.2) is 51.1 Å². The number of aromatic nitrogens is 2. The second kappa shape index (κ2) is 4.94. The van der Waals surface area contributed by atoms with E-state index in [9.17, 15) is 9.90 Å². The van der Waals surface area contributed by atoms with Crippen LogP contribution in [0.15, 0.2) is 6.20 Å². The SMILES string of the molecule is Cn1ncc(C(=O)O)c1CN1CCOC2CCCC21. The number of morpholine rings is 1. The number of aromatic carboxylic acids is 1. The van der Waals surface area contributed by atoms with E-state index < -0.39 is 5.97 Å². The molecule has 19 heavy (non-hydrogen) atoms. The van der Waals surface area contributed by atoms with Gasteiger partial charge in [0.2, 0.25) is 0 Å². The Morgan fingerprint density at radius 1 is 1.58 bits per heavy atom. The lowest BCUT2D eigenvalue weighted by molar-refractivity contribution is -0.0595. The second-order valence-electron chi connectivity index (χ2n) is 5.31. The topological polar surface area (TPSA) is 67.6 Å². The van der Waals surface area contributed by atoms with Crippen LogP contribution in [0.3, 0.4) is 0 Å². The van der Waals surface area contributed by atoms with Gasteiger partial charge in [-0.2, -0.15) is 5.10 Å². The quantitative estimate of drug-likeness (QED) is 0.878. The number of aryl methyl sites for hydroxylation is 1. The van der Waals surface area contributed by atoms with Gasteiger partial charge >= 0.3 is 5.97 Å². The molecule has 3 rings (SSSR count). The molecule has 2 atom stereocenters. The summed E-state index contributed by atoms with van der Waals surface area (Å²) in [6.45, 7) is 2.25. The third kappa shape index (κ3) is 2.26. The normalized spacial score (nSPS) is 27.4. The summed E-state index contributed by atoms with van der Waals surface area (Å²) in [5.74, 6) is -0.903. The van der Waals surface area contributed by atoms with Gasteiger partial charge in [-0.3, -0.25) is 9.58 Å². The van der Waals surface area contributed by atoms with Gasteiger partial charge < -0.3 is 9.84 Å². The maximum absolute atomic E-state index is 11.2. The maximum atomic E-state index is 11.2. The number of fused-ring (bicyclic) bond motifs is 1. The van der Waals surface area contributed by atoms with E-state index in [1.165, 1.54) is 12.6 Å². The highest BCUT2D eigenvalue weighted by atomic mass is 16.5. The van der Waals surface area contributed by atoms with Crippen molar-refractivity contribution < 1.29 is 14.6 Å². The molecule has 1 saturated carbocycles. The van der Waals surface area contributed by atoms with Crippen LogP contribution in [0.4, 0.5) is 0 Å². The first kappa shape index (κ1) is 12.6. The molecule has 1 aromatic rings. The van der Waals surface area contributed by atoms with Crippen LogP contribution >= 0.6 is 0 Å². The zero-order valence-corrected chi connectivity index (χ0v) is 11.1. The minimum absolute atomic E-state index is 0.309. The van der Waals surface area contributed by atoms with Crippen molar-refractivity contribution in [3.05, 3.63) is 17.5 Å². The van der Waals surface area contributed by atoms with Crippen LogP contribution in [0.1, 0.15) is 35.3 Å². The fraction of sp³-hybridized carbons (Fsp3) is 0.692. The van der Waals surface area contributed by atoms with Gasteiger partial charge in [0.25, 0.3) is 0 Å². The van der Waals surface area contributed by atoms with Crippen molar-refractivity contribution in [2.24, 2.45) is 7.05 Å². The van der Waals surface area contributed by atoms with Crippen molar-refractivity contribution >= 4 is 5.97 Å². The van der Waals surface area contributed by atoms with Crippen LogP contribution in [0.25, 0.3) is 0 Å². The number of carboxylic acids is 1. The van der Waals surface area contributed by atoms with Gasteiger partial charge in [0.1, 0.15) is 5.56 Å². The molecule has 2 unspecified atom stereocenters. The molecule has 0 amide bonds. The zero-order chi connectivity index (χ0) is 13.4. The fourth-order valence-corrected chi connectivity index (χ4v) is 3.22. The molecule has 2 heterocycles. The lowest BCUT2D eigenvalue weighted by Gasteiger charge is -2.37. The standard InChI is InChI=1S/C13H19N3O3/c1-15-11(9(7-14-15)13(17)18)8-16-5-6-19-12-4-2-3-10(12)16/h7,10,12H,2-6,8H2,1H3,(H,17,18). The fourth-order valence-electron chi connectivity index (χ4n) is 3.22. The third-order valence-electron chi connectivity index (χ3n) is 4.24. The Morgan fingerprint density at radius 3 is 3.21 bits per heavy atom. The Bertz CT molecular complexity index is 485. The first-order valence-corrected chi connectivity index (χ1v) is 6.76. The number of hydrogen-bond donors (Lipinski definition) is 1. The summed E-state index contributed by atoms with van der Waals surface area (Å²) in [5.41, 5.74) is 1.09. The number of hydrogen-bond acceptors (Lipinski definition) is 4. The average Bonchev–Trinajstić information content (AvgIpc) is 2.97. The van der Waals surface area contributed by atoms with Gasteiger partial charge in [0.05, 0.1) is 24.6 Å². The number of carbonyl (C=O) groups is 1. The highest BCUT2D eigenvalue weighted by Gasteiger charge is 2.36. The minimum atomic E-state index is -0.903. The van der Waals surface area contributed by atoms with E-state index in [4.69, 9.17) is 4.74 Å². The van der Waals surface area contributed by atoms with E-state index in [0.717, 1.165) is 31.7 Å². The highest BCUT2D eigenvalue weighted by molar-refractivity contribution is 5.88. The van der Waals surface area contributed by atoms with Crippen LogP contribution in [0.2, 0.25) is 0 Å². The molecule has 0 aromatic carbocycles. The Morgan fingerprint density at radius 2 is 2.42 bits per heavy atom. The van der Waals surface area contributed by atoms with Crippen molar-refractivity contribution in [1.29, 1.82) is 0 Å². The van der Waals surface area contributed by atoms with E-state index in [-0.39, 0.29) is 0 Å². The summed E-state index contributed by atoms with van der Waals surface area (Å²) in [6.07, 6.45) is 5.23. The largest absolute Gasteiger partial charge is 0.478 e. The molecule has 104 valence electrons. The number of nitrogens with zero attached hydrogens (tertiary/aromatic N) is 3. The first-order chi connectivity index (χ1) is 9.16. The van der Waals surface area contributed by atoms with Crippen molar-refractivity contribution in [2.75, 3.05) is 13.2 Å². The second-order valence-corrected chi connectivity index (χ2v) is 5.31. The molecule has 1 aliphatic carbocycles. The first-order valence-electron chi connectivity index (χ1n) is 6.76. The molecule has 1 N–H and O–H groups in total. The van der Waals surface area contributed by atoms with Crippen molar-refractivity contribution in [3.8, 4) is 0 Å². The lowest BCUT2D eigenvalue weighted by Crippen LogP contribution is -2.48. The minimum Gasteiger partial charge on any atom is -0.478 e. The van der Waals surface area contributed by atoms with E-state index in [1.807, 2.05) is 0 Å². The van der Waals surface area contributed by atoms with E-state index >= 15 is 0 Å². The summed E-state index contributed by atoms with van der Waals surface area (Å²) in [4.78, 5) is 13.6. The molecule has 0 spiro atoms. The Kier molecular flexibility index (Phi) is 3.28. The molecular weight excluding hydrogens is 246 g/mol. The van der Waals surface area contributed by atoms with Crippen LogP contribution in [-0.2, 0) is 18.3 Å². The van der Waals surface area contributed by atoms with Gasteiger partial charge in [-0.15, -0.1) is 0 Å². The van der Waals surface area contributed by atoms with Gasteiger partial charge in [0, 0.05) is 26.2 Å². The summed E-state index contributed by atoms with van der Waals surface area (Å²) in [7, 11) is 1.80.